The van der Waals surface area contributed by atoms with E-state index in [-0.39, 0.29) is 0 Å². The number of H-pyrrole nitrogens is 1. The molecule has 2 aromatic heterocycles. The van der Waals surface area contributed by atoms with Crippen LogP contribution in [0.5, 0.6) is 0 Å². The van der Waals surface area contributed by atoms with Gasteiger partial charge in [0.05, 0.1) is 0 Å². The molecule has 2 N–H and O–H groups in total. The van der Waals surface area contributed by atoms with Crippen LogP contribution in [0.15, 0.2) is 16.5 Å². The molecule has 0 saturated heterocycles. The maximum Gasteiger partial charge on any atom is 0.214 e. The van der Waals surface area contributed by atoms with Gasteiger partial charge < -0.3 is 5.32 Å². The standard InChI is InChI=1S/C11H16N6S/c1-4-8-9(12-5-2)13-6-14-10(8)18-11-15-7(3)16-17-11/h6H,4-5H2,1-3H3,(H,12,13,14)(H,15,16,17). The highest BCUT2D eigenvalue weighted by Crippen LogP contribution is 2.29. The number of nitrogens with zero attached hydrogens (tertiary/aromatic N) is 4. The molecule has 0 amide bonds. The van der Waals surface area contributed by atoms with Crippen molar-refractivity contribution in [3.63, 3.8) is 0 Å². The fraction of sp³-hybridized carbons (Fsp3) is 0.455. The lowest BCUT2D eigenvalue weighted by Crippen LogP contribution is -2.05. The lowest BCUT2D eigenvalue weighted by Gasteiger charge is -2.10. The maximum atomic E-state index is 4.31. The van der Waals surface area contributed by atoms with Crippen LogP contribution in [0.1, 0.15) is 25.2 Å². The second-order valence-corrected chi connectivity index (χ2v) is 4.65. The fourth-order valence-corrected chi connectivity index (χ4v) is 2.49. The van der Waals surface area contributed by atoms with Crippen LogP contribution in [0.3, 0.4) is 0 Å². The lowest BCUT2D eigenvalue weighted by molar-refractivity contribution is 0.922. The SMILES string of the molecule is CCNc1ncnc(Sc2n[nH]c(C)n2)c1CC. The van der Waals surface area contributed by atoms with Crippen LogP contribution in [0.4, 0.5) is 5.82 Å². The third kappa shape index (κ3) is 2.79. The van der Waals surface area contributed by atoms with Gasteiger partial charge in [-0.3, -0.25) is 5.10 Å². The highest BCUT2D eigenvalue weighted by molar-refractivity contribution is 7.99. The largest absolute Gasteiger partial charge is 0.370 e. The fourth-order valence-electron chi connectivity index (χ4n) is 1.58. The Morgan fingerprint density at radius 2 is 2.17 bits per heavy atom. The molecule has 0 saturated carbocycles. The van der Waals surface area contributed by atoms with Crippen LogP contribution in [0.2, 0.25) is 0 Å². The first-order valence-corrected chi connectivity index (χ1v) is 6.70. The van der Waals surface area contributed by atoms with Crippen molar-refractivity contribution < 1.29 is 0 Å². The highest BCUT2D eigenvalue weighted by atomic mass is 32.2. The number of rotatable bonds is 5. The van der Waals surface area contributed by atoms with Crippen LogP contribution in [-0.2, 0) is 6.42 Å². The molecule has 18 heavy (non-hydrogen) atoms. The average molecular weight is 264 g/mol. The molecule has 0 bridgehead atoms. The van der Waals surface area contributed by atoms with Gasteiger partial charge in [0.15, 0.2) is 0 Å². The Hall–Kier alpha value is -1.63. The van der Waals surface area contributed by atoms with Gasteiger partial charge in [-0.25, -0.2) is 15.0 Å². The zero-order chi connectivity index (χ0) is 13.0. The van der Waals surface area contributed by atoms with E-state index in [4.69, 9.17) is 0 Å². The topological polar surface area (TPSA) is 79.4 Å². The van der Waals surface area contributed by atoms with E-state index in [0.717, 1.165) is 35.2 Å². The minimum Gasteiger partial charge on any atom is -0.370 e. The molecule has 0 radical (unpaired) electrons. The molecular weight excluding hydrogens is 248 g/mol. The Balaban J connectivity index is 2.29. The Labute approximate surface area is 110 Å². The summed E-state index contributed by atoms with van der Waals surface area (Å²) in [4.78, 5) is 12.9. The summed E-state index contributed by atoms with van der Waals surface area (Å²) < 4.78 is 0. The molecule has 0 aliphatic rings. The Morgan fingerprint density at radius 3 is 2.78 bits per heavy atom. The molecule has 0 aromatic carbocycles. The summed E-state index contributed by atoms with van der Waals surface area (Å²) in [5.41, 5.74) is 1.10. The van der Waals surface area contributed by atoms with E-state index in [2.05, 4.69) is 37.4 Å². The summed E-state index contributed by atoms with van der Waals surface area (Å²) in [6, 6.07) is 0. The van der Waals surface area contributed by atoms with Crippen LogP contribution in [0, 0.1) is 6.92 Å². The molecular formula is C11H16N6S. The molecule has 0 fully saturated rings. The van der Waals surface area contributed by atoms with Crippen molar-refractivity contribution in [3.05, 3.63) is 17.7 Å². The summed E-state index contributed by atoms with van der Waals surface area (Å²) in [5.74, 6) is 1.70. The van der Waals surface area contributed by atoms with Crippen molar-refractivity contribution in [1.29, 1.82) is 0 Å². The van der Waals surface area contributed by atoms with E-state index in [1.54, 1.807) is 6.33 Å². The van der Waals surface area contributed by atoms with Gasteiger partial charge in [-0.05, 0) is 32.0 Å². The molecule has 0 unspecified atom stereocenters. The number of hydrogen-bond acceptors (Lipinski definition) is 6. The molecule has 7 heteroatoms. The highest BCUT2D eigenvalue weighted by Gasteiger charge is 2.12. The Kier molecular flexibility index (Phi) is 4.14. The van der Waals surface area contributed by atoms with E-state index in [1.165, 1.54) is 11.8 Å². The van der Waals surface area contributed by atoms with Crippen LogP contribution in [0.25, 0.3) is 0 Å². The third-order valence-corrected chi connectivity index (χ3v) is 3.28. The third-order valence-electron chi connectivity index (χ3n) is 2.37. The molecule has 0 atom stereocenters. The maximum absolute atomic E-state index is 4.31. The van der Waals surface area contributed by atoms with Gasteiger partial charge in [0.1, 0.15) is 23.0 Å². The van der Waals surface area contributed by atoms with E-state index >= 15 is 0 Å². The van der Waals surface area contributed by atoms with Gasteiger partial charge in [-0.2, -0.15) is 0 Å². The van der Waals surface area contributed by atoms with E-state index in [1.807, 2.05) is 13.8 Å². The first-order valence-electron chi connectivity index (χ1n) is 5.89. The predicted molar refractivity (Wildman–Crippen MR) is 70.8 cm³/mol. The number of hydrogen-bond donors (Lipinski definition) is 2. The average Bonchev–Trinajstić information content (AvgIpc) is 2.76. The van der Waals surface area contributed by atoms with Gasteiger partial charge >= 0.3 is 0 Å². The van der Waals surface area contributed by atoms with Gasteiger partial charge in [0.25, 0.3) is 0 Å². The van der Waals surface area contributed by atoms with Crippen LogP contribution < -0.4 is 5.32 Å². The molecule has 0 aliphatic heterocycles. The van der Waals surface area contributed by atoms with Crippen LogP contribution >= 0.6 is 11.8 Å². The van der Waals surface area contributed by atoms with Gasteiger partial charge in [-0.15, -0.1) is 5.10 Å². The second kappa shape index (κ2) is 5.81. The predicted octanol–water partition coefficient (Wildman–Crippen LogP) is 2.05. The number of aryl methyl sites for hydroxylation is 1. The van der Waals surface area contributed by atoms with Crippen molar-refractivity contribution in [1.82, 2.24) is 25.1 Å². The molecule has 2 aromatic rings. The van der Waals surface area contributed by atoms with Crippen molar-refractivity contribution >= 4 is 17.6 Å². The number of aromatic nitrogens is 5. The van der Waals surface area contributed by atoms with Crippen molar-refractivity contribution in [2.75, 3.05) is 11.9 Å². The van der Waals surface area contributed by atoms with Gasteiger partial charge in [-0.1, -0.05) is 6.92 Å². The van der Waals surface area contributed by atoms with Crippen molar-refractivity contribution in [2.24, 2.45) is 0 Å². The van der Waals surface area contributed by atoms with Gasteiger partial charge in [0, 0.05) is 12.1 Å². The Bertz CT molecular complexity index is 524. The lowest BCUT2D eigenvalue weighted by atomic mass is 10.2. The molecule has 0 aliphatic carbocycles. The molecule has 96 valence electrons. The first kappa shape index (κ1) is 12.8. The zero-order valence-electron chi connectivity index (χ0n) is 10.7. The number of nitrogens with one attached hydrogen (secondary N) is 2. The number of anilines is 1. The zero-order valence-corrected chi connectivity index (χ0v) is 11.5. The normalized spacial score (nSPS) is 10.6. The minimum absolute atomic E-state index is 0.684. The summed E-state index contributed by atoms with van der Waals surface area (Å²) in [5, 5.41) is 11.8. The summed E-state index contributed by atoms with van der Waals surface area (Å²) in [6.45, 7) is 6.86. The summed E-state index contributed by atoms with van der Waals surface area (Å²) in [6.07, 6.45) is 2.44. The molecule has 0 spiro atoms. The van der Waals surface area contributed by atoms with E-state index in [9.17, 15) is 0 Å². The molecule has 2 rings (SSSR count). The molecule has 2 heterocycles. The van der Waals surface area contributed by atoms with Gasteiger partial charge in [0.2, 0.25) is 5.16 Å². The van der Waals surface area contributed by atoms with E-state index < -0.39 is 0 Å². The second-order valence-electron chi connectivity index (χ2n) is 3.70. The smallest absolute Gasteiger partial charge is 0.214 e. The summed E-state index contributed by atoms with van der Waals surface area (Å²) in [7, 11) is 0. The Morgan fingerprint density at radius 1 is 1.33 bits per heavy atom. The first-order chi connectivity index (χ1) is 8.74. The minimum atomic E-state index is 0.684. The van der Waals surface area contributed by atoms with E-state index in [0.29, 0.717) is 5.16 Å². The number of aromatic amines is 1. The summed E-state index contributed by atoms with van der Waals surface area (Å²) >= 11 is 1.46. The quantitative estimate of drug-likeness (QED) is 0.805. The van der Waals surface area contributed by atoms with Crippen molar-refractivity contribution in [2.45, 2.75) is 37.4 Å². The monoisotopic (exact) mass is 264 g/mol. The van der Waals surface area contributed by atoms with Crippen molar-refractivity contribution in [3.8, 4) is 0 Å². The molecule has 6 nitrogen and oxygen atoms in total. The van der Waals surface area contributed by atoms with Crippen LogP contribution in [-0.4, -0.2) is 31.7 Å².